The van der Waals surface area contributed by atoms with Crippen molar-refractivity contribution >= 4 is 46.4 Å². The Morgan fingerprint density at radius 2 is 1.64 bits per heavy atom. The standard InChI is InChI=1S/C38H40ClN5O2S/c1-25-8-14-32(15-9-25)44-35(23-34(42-44)38(2,3)4)41-37(46)40-31-7-5-6-27(21-31)20-26-16-18-43(19-17-26)36(45)33-22-29(24-47-33)28-10-12-30(39)13-11-28/h5-15,21-24,26H,16-20H2,1-4H3,(H2,40,41,46). The van der Waals surface area contributed by atoms with Crippen LogP contribution in [0.2, 0.25) is 5.02 Å². The first-order valence-corrected chi connectivity index (χ1v) is 17.3. The van der Waals surface area contributed by atoms with Gasteiger partial charge in [0.1, 0.15) is 5.82 Å². The summed E-state index contributed by atoms with van der Waals surface area (Å²) >= 11 is 7.53. The summed E-state index contributed by atoms with van der Waals surface area (Å²) in [6.45, 7) is 9.84. The fourth-order valence-electron chi connectivity index (χ4n) is 5.85. The minimum atomic E-state index is -0.324. The summed E-state index contributed by atoms with van der Waals surface area (Å²) in [6.07, 6.45) is 2.78. The first-order valence-electron chi connectivity index (χ1n) is 16.0. The van der Waals surface area contributed by atoms with Crippen LogP contribution in [0.15, 0.2) is 90.3 Å². The number of urea groups is 1. The van der Waals surface area contributed by atoms with E-state index in [4.69, 9.17) is 16.7 Å². The highest BCUT2D eigenvalue weighted by Crippen LogP contribution is 2.30. The van der Waals surface area contributed by atoms with Crippen molar-refractivity contribution in [2.75, 3.05) is 23.7 Å². The number of benzene rings is 3. The molecule has 7 nitrogen and oxygen atoms in total. The van der Waals surface area contributed by atoms with E-state index in [1.54, 1.807) is 4.68 Å². The van der Waals surface area contributed by atoms with Crippen LogP contribution in [-0.4, -0.2) is 39.7 Å². The van der Waals surface area contributed by atoms with Gasteiger partial charge in [-0.1, -0.05) is 74.3 Å². The molecule has 0 atom stereocenters. The monoisotopic (exact) mass is 665 g/mol. The lowest BCUT2D eigenvalue weighted by atomic mass is 9.90. The van der Waals surface area contributed by atoms with Crippen molar-refractivity contribution in [3.8, 4) is 16.8 Å². The maximum Gasteiger partial charge on any atom is 0.324 e. The molecule has 6 rings (SSSR count). The number of likely N-dealkylation sites (tertiary alicyclic amines) is 1. The van der Waals surface area contributed by atoms with Crippen LogP contribution >= 0.6 is 22.9 Å². The number of hydrogen-bond acceptors (Lipinski definition) is 4. The smallest absolute Gasteiger partial charge is 0.324 e. The number of hydrogen-bond donors (Lipinski definition) is 2. The Morgan fingerprint density at radius 3 is 2.34 bits per heavy atom. The van der Waals surface area contributed by atoms with Gasteiger partial charge in [-0.25, -0.2) is 9.48 Å². The van der Waals surface area contributed by atoms with Gasteiger partial charge in [0.25, 0.3) is 5.91 Å². The Bertz CT molecular complexity index is 1860. The van der Waals surface area contributed by atoms with Gasteiger partial charge in [-0.2, -0.15) is 5.10 Å². The average molecular weight is 666 g/mol. The van der Waals surface area contributed by atoms with E-state index in [-0.39, 0.29) is 17.4 Å². The summed E-state index contributed by atoms with van der Waals surface area (Å²) in [6, 6.07) is 27.4. The van der Waals surface area contributed by atoms with Crippen molar-refractivity contribution in [3.05, 3.63) is 117 Å². The van der Waals surface area contributed by atoms with Gasteiger partial charge in [-0.3, -0.25) is 10.1 Å². The molecule has 0 aliphatic carbocycles. The Hall–Kier alpha value is -4.40. The Kier molecular flexibility index (Phi) is 9.52. The number of aryl methyl sites for hydroxylation is 1. The van der Waals surface area contributed by atoms with Crippen LogP contribution in [0.25, 0.3) is 16.8 Å². The molecule has 0 spiro atoms. The lowest BCUT2D eigenvalue weighted by Gasteiger charge is -2.32. The molecular formula is C38H40ClN5O2S. The van der Waals surface area contributed by atoms with E-state index in [1.165, 1.54) is 11.3 Å². The fraction of sp³-hybridized carbons (Fsp3) is 0.289. The summed E-state index contributed by atoms with van der Waals surface area (Å²) in [7, 11) is 0. The van der Waals surface area contributed by atoms with Gasteiger partial charge in [0, 0.05) is 35.3 Å². The molecule has 3 aromatic carbocycles. The second-order valence-electron chi connectivity index (χ2n) is 13.3. The predicted molar refractivity (Wildman–Crippen MR) is 193 cm³/mol. The molecule has 9 heteroatoms. The number of carbonyl (C=O) groups excluding carboxylic acids is 2. The number of halogens is 1. The normalized spacial score (nSPS) is 13.9. The number of carbonyl (C=O) groups is 2. The second-order valence-corrected chi connectivity index (χ2v) is 14.7. The van der Waals surface area contributed by atoms with Crippen molar-refractivity contribution < 1.29 is 9.59 Å². The van der Waals surface area contributed by atoms with E-state index in [1.807, 2.05) is 96.1 Å². The zero-order valence-electron chi connectivity index (χ0n) is 27.2. The number of piperidine rings is 1. The number of anilines is 2. The number of nitrogens with one attached hydrogen (secondary N) is 2. The highest BCUT2D eigenvalue weighted by atomic mass is 35.5. The summed E-state index contributed by atoms with van der Waals surface area (Å²) in [5, 5.41) is 13.6. The van der Waals surface area contributed by atoms with Crippen molar-refractivity contribution in [1.29, 1.82) is 0 Å². The van der Waals surface area contributed by atoms with E-state index in [2.05, 4.69) is 37.5 Å². The molecule has 2 aromatic heterocycles. The molecule has 1 fully saturated rings. The Labute approximate surface area is 285 Å². The molecule has 1 saturated heterocycles. The molecule has 1 aliphatic rings. The van der Waals surface area contributed by atoms with Crippen molar-refractivity contribution in [2.45, 2.75) is 52.4 Å². The van der Waals surface area contributed by atoms with Crippen LogP contribution in [0.1, 0.15) is 60.1 Å². The predicted octanol–water partition coefficient (Wildman–Crippen LogP) is 9.60. The SMILES string of the molecule is Cc1ccc(-n2nc(C(C)(C)C)cc2NC(=O)Nc2cccc(CC3CCN(C(=O)c4cc(-c5ccc(Cl)cc5)cs4)CC3)c2)cc1. The zero-order chi connectivity index (χ0) is 33.1. The van der Waals surface area contributed by atoms with Crippen LogP contribution in [0.5, 0.6) is 0 Å². The third kappa shape index (κ3) is 7.95. The Balaban J connectivity index is 1.04. The van der Waals surface area contributed by atoms with Crippen LogP contribution in [0.4, 0.5) is 16.3 Å². The zero-order valence-corrected chi connectivity index (χ0v) is 28.8. The molecule has 242 valence electrons. The van der Waals surface area contributed by atoms with Gasteiger partial charge in [0.15, 0.2) is 0 Å². The topological polar surface area (TPSA) is 79.3 Å². The summed E-state index contributed by atoms with van der Waals surface area (Å²) in [5.74, 6) is 1.18. The molecular weight excluding hydrogens is 626 g/mol. The molecule has 0 unspecified atom stereocenters. The van der Waals surface area contributed by atoms with Crippen LogP contribution in [-0.2, 0) is 11.8 Å². The number of aromatic nitrogens is 2. The van der Waals surface area contributed by atoms with Crippen LogP contribution in [0, 0.1) is 12.8 Å². The summed E-state index contributed by atoms with van der Waals surface area (Å²) < 4.78 is 1.78. The lowest BCUT2D eigenvalue weighted by molar-refractivity contribution is 0.0695. The van der Waals surface area contributed by atoms with Gasteiger partial charge in [-0.15, -0.1) is 11.3 Å². The van der Waals surface area contributed by atoms with E-state index in [9.17, 15) is 9.59 Å². The minimum Gasteiger partial charge on any atom is -0.338 e. The molecule has 47 heavy (non-hydrogen) atoms. The van der Waals surface area contributed by atoms with Gasteiger partial charge in [0.2, 0.25) is 0 Å². The third-order valence-corrected chi connectivity index (χ3v) is 9.77. The van der Waals surface area contributed by atoms with Crippen molar-refractivity contribution in [1.82, 2.24) is 14.7 Å². The maximum absolute atomic E-state index is 13.3. The first-order chi connectivity index (χ1) is 22.5. The van der Waals surface area contributed by atoms with Gasteiger partial charge >= 0.3 is 6.03 Å². The van der Waals surface area contributed by atoms with Crippen molar-refractivity contribution in [2.24, 2.45) is 5.92 Å². The van der Waals surface area contributed by atoms with Crippen molar-refractivity contribution in [3.63, 3.8) is 0 Å². The Morgan fingerprint density at radius 1 is 0.915 bits per heavy atom. The number of thiophene rings is 1. The maximum atomic E-state index is 13.3. The molecule has 0 saturated carbocycles. The van der Waals surface area contributed by atoms with E-state index in [0.29, 0.717) is 16.8 Å². The molecule has 5 aromatic rings. The highest BCUT2D eigenvalue weighted by molar-refractivity contribution is 7.12. The van der Waals surface area contributed by atoms with Gasteiger partial charge < -0.3 is 10.2 Å². The highest BCUT2D eigenvalue weighted by Gasteiger charge is 2.25. The molecule has 1 aliphatic heterocycles. The van der Waals surface area contributed by atoms with Gasteiger partial charge in [0.05, 0.1) is 16.3 Å². The largest absolute Gasteiger partial charge is 0.338 e. The van der Waals surface area contributed by atoms with Crippen LogP contribution < -0.4 is 10.6 Å². The first kappa shape index (κ1) is 32.5. The van der Waals surface area contributed by atoms with Gasteiger partial charge in [-0.05, 0) is 96.6 Å². The summed E-state index contributed by atoms with van der Waals surface area (Å²) in [4.78, 5) is 29.2. The third-order valence-electron chi connectivity index (χ3n) is 8.60. The lowest BCUT2D eigenvalue weighted by Crippen LogP contribution is -2.38. The van der Waals surface area contributed by atoms with E-state index >= 15 is 0 Å². The number of nitrogens with zero attached hydrogens (tertiary/aromatic N) is 3. The average Bonchev–Trinajstić information content (AvgIpc) is 3.70. The molecule has 2 N–H and O–H groups in total. The van der Waals surface area contributed by atoms with E-state index in [0.717, 1.165) is 76.6 Å². The number of rotatable bonds is 7. The number of amides is 3. The molecule has 0 bridgehead atoms. The summed E-state index contributed by atoms with van der Waals surface area (Å²) in [5.41, 5.74) is 6.75. The van der Waals surface area contributed by atoms with Crippen LogP contribution in [0.3, 0.4) is 0 Å². The quantitative estimate of drug-likeness (QED) is 0.182. The van der Waals surface area contributed by atoms with E-state index < -0.39 is 0 Å². The molecule has 3 amide bonds. The molecule has 3 heterocycles. The second kappa shape index (κ2) is 13.8. The minimum absolute atomic E-state index is 0.101. The molecule has 0 radical (unpaired) electrons. The fourth-order valence-corrected chi connectivity index (χ4v) is 6.85.